The molecule has 0 heterocycles. The van der Waals surface area contributed by atoms with Crippen molar-refractivity contribution < 1.29 is 13.9 Å². The van der Waals surface area contributed by atoms with Crippen LogP contribution in [0.15, 0.2) is 24.3 Å². The van der Waals surface area contributed by atoms with Gasteiger partial charge in [0.25, 0.3) is 0 Å². The molecular weight excluding hydrogens is 233 g/mol. The molecule has 0 aliphatic carbocycles. The lowest BCUT2D eigenvalue weighted by Gasteiger charge is -2.19. The molecule has 0 aliphatic heterocycles. The van der Waals surface area contributed by atoms with Crippen molar-refractivity contribution in [1.82, 2.24) is 5.32 Å². The van der Waals surface area contributed by atoms with Gasteiger partial charge in [-0.3, -0.25) is 0 Å². The second kappa shape index (κ2) is 8.19. The molecule has 1 aromatic rings. The van der Waals surface area contributed by atoms with Gasteiger partial charge in [0, 0.05) is 26.8 Å². The van der Waals surface area contributed by atoms with E-state index in [-0.39, 0.29) is 11.9 Å². The maximum atomic E-state index is 12.8. The van der Waals surface area contributed by atoms with Gasteiger partial charge in [-0.15, -0.1) is 0 Å². The monoisotopic (exact) mass is 255 g/mol. The van der Waals surface area contributed by atoms with Crippen molar-refractivity contribution in [3.63, 3.8) is 0 Å². The van der Waals surface area contributed by atoms with E-state index in [2.05, 4.69) is 12.2 Å². The Hall–Kier alpha value is -0.970. The summed E-state index contributed by atoms with van der Waals surface area (Å²) in [4.78, 5) is 0. The van der Waals surface area contributed by atoms with Gasteiger partial charge in [-0.2, -0.15) is 0 Å². The molecule has 1 rings (SSSR count). The zero-order valence-corrected chi connectivity index (χ0v) is 11.3. The van der Waals surface area contributed by atoms with Crippen molar-refractivity contribution in [2.24, 2.45) is 0 Å². The van der Waals surface area contributed by atoms with Crippen LogP contribution in [0, 0.1) is 5.82 Å². The molecule has 0 bridgehead atoms. The van der Waals surface area contributed by atoms with Gasteiger partial charge in [-0.05, 0) is 31.0 Å². The first-order valence-corrected chi connectivity index (χ1v) is 6.15. The van der Waals surface area contributed by atoms with Gasteiger partial charge in [0.05, 0.1) is 12.7 Å². The van der Waals surface area contributed by atoms with E-state index in [4.69, 9.17) is 9.47 Å². The highest BCUT2D eigenvalue weighted by Gasteiger charge is 2.09. The molecular formula is C14H22FNO2. The van der Waals surface area contributed by atoms with Crippen LogP contribution < -0.4 is 5.32 Å². The molecule has 4 heteroatoms. The maximum Gasteiger partial charge on any atom is 0.123 e. The third-order valence-electron chi connectivity index (χ3n) is 2.84. The van der Waals surface area contributed by atoms with Gasteiger partial charge in [0.1, 0.15) is 5.82 Å². The summed E-state index contributed by atoms with van der Waals surface area (Å²) in [6.45, 7) is 3.42. The molecule has 1 N–H and O–H groups in total. The fraction of sp³-hybridized carbons (Fsp3) is 0.571. The molecule has 2 unspecified atom stereocenters. The SMILES string of the molecule is COCC(CNC(C)Cc1ccc(F)cc1)OC. The van der Waals surface area contributed by atoms with E-state index in [1.165, 1.54) is 12.1 Å². The molecule has 18 heavy (non-hydrogen) atoms. The van der Waals surface area contributed by atoms with Crippen LogP contribution in [0.1, 0.15) is 12.5 Å². The second-order valence-electron chi connectivity index (χ2n) is 4.45. The van der Waals surface area contributed by atoms with Gasteiger partial charge in [-0.1, -0.05) is 12.1 Å². The number of halogens is 1. The number of benzene rings is 1. The molecule has 0 spiro atoms. The molecule has 102 valence electrons. The molecule has 0 aliphatic rings. The number of nitrogens with one attached hydrogen (secondary N) is 1. The van der Waals surface area contributed by atoms with E-state index in [9.17, 15) is 4.39 Å². The topological polar surface area (TPSA) is 30.5 Å². The highest BCUT2D eigenvalue weighted by atomic mass is 19.1. The largest absolute Gasteiger partial charge is 0.382 e. The Morgan fingerprint density at radius 3 is 2.44 bits per heavy atom. The van der Waals surface area contributed by atoms with Crippen LogP contribution in [-0.4, -0.2) is 39.5 Å². The molecule has 0 aromatic heterocycles. The first-order valence-electron chi connectivity index (χ1n) is 6.15. The lowest BCUT2D eigenvalue weighted by atomic mass is 10.1. The molecule has 0 saturated heterocycles. The van der Waals surface area contributed by atoms with Crippen LogP contribution in [0.4, 0.5) is 4.39 Å². The average molecular weight is 255 g/mol. The van der Waals surface area contributed by atoms with E-state index >= 15 is 0 Å². The van der Waals surface area contributed by atoms with Crippen molar-refractivity contribution in [2.75, 3.05) is 27.4 Å². The molecule has 0 amide bonds. The Kier molecular flexibility index (Phi) is 6.86. The zero-order chi connectivity index (χ0) is 13.4. The number of hydrogen-bond acceptors (Lipinski definition) is 3. The zero-order valence-electron chi connectivity index (χ0n) is 11.3. The van der Waals surface area contributed by atoms with Crippen LogP contribution in [0.3, 0.4) is 0 Å². The van der Waals surface area contributed by atoms with Crippen molar-refractivity contribution in [1.29, 1.82) is 0 Å². The van der Waals surface area contributed by atoms with Gasteiger partial charge in [-0.25, -0.2) is 4.39 Å². The van der Waals surface area contributed by atoms with Crippen LogP contribution in [0.2, 0.25) is 0 Å². The summed E-state index contributed by atoms with van der Waals surface area (Å²) in [5.74, 6) is -0.195. The lowest BCUT2D eigenvalue weighted by Crippen LogP contribution is -2.37. The fourth-order valence-corrected chi connectivity index (χ4v) is 1.78. The Morgan fingerprint density at radius 2 is 1.89 bits per heavy atom. The maximum absolute atomic E-state index is 12.8. The predicted molar refractivity (Wildman–Crippen MR) is 70.2 cm³/mol. The van der Waals surface area contributed by atoms with Crippen molar-refractivity contribution in [2.45, 2.75) is 25.5 Å². The molecule has 0 saturated carbocycles. The first kappa shape index (κ1) is 15.1. The van der Waals surface area contributed by atoms with Crippen molar-refractivity contribution in [3.05, 3.63) is 35.6 Å². The molecule has 3 nitrogen and oxygen atoms in total. The number of methoxy groups -OCH3 is 2. The molecule has 1 aromatic carbocycles. The number of ether oxygens (including phenoxy) is 2. The quantitative estimate of drug-likeness (QED) is 0.771. The normalized spacial score (nSPS) is 14.4. The van der Waals surface area contributed by atoms with E-state index < -0.39 is 0 Å². The fourth-order valence-electron chi connectivity index (χ4n) is 1.78. The van der Waals surface area contributed by atoms with Crippen LogP contribution in [-0.2, 0) is 15.9 Å². The highest BCUT2D eigenvalue weighted by Crippen LogP contribution is 2.05. The summed E-state index contributed by atoms with van der Waals surface area (Å²) in [5.41, 5.74) is 1.12. The Morgan fingerprint density at radius 1 is 1.22 bits per heavy atom. The van der Waals surface area contributed by atoms with Gasteiger partial charge >= 0.3 is 0 Å². The van der Waals surface area contributed by atoms with Crippen LogP contribution in [0.5, 0.6) is 0 Å². The number of rotatable bonds is 8. The Labute approximate surface area is 108 Å². The van der Waals surface area contributed by atoms with Gasteiger partial charge in [0.15, 0.2) is 0 Å². The minimum absolute atomic E-state index is 0.0608. The second-order valence-corrected chi connectivity index (χ2v) is 4.45. The minimum atomic E-state index is -0.195. The summed E-state index contributed by atoms with van der Waals surface area (Å²) >= 11 is 0. The molecule has 0 radical (unpaired) electrons. The number of hydrogen-bond donors (Lipinski definition) is 1. The summed E-state index contributed by atoms with van der Waals surface area (Å²) in [6.07, 6.45) is 0.926. The highest BCUT2D eigenvalue weighted by molar-refractivity contribution is 5.16. The summed E-state index contributed by atoms with van der Waals surface area (Å²) in [5, 5.41) is 3.38. The summed E-state index contributed by atoms with van der Waals surface area (Å²) in [7, 11) is 3.34. The van der Waals surface area contributed by atoms with E-state index in [1.54, 1.807) is 14.2 Å². The van der Waals surface area contributed by atoms with E-state index in [1.807, 2.05) is 12.1 Å². The molecule has 2 atom stereocenters. The summed E-state index contributed by atoms with van der Waals surface area (Å²) < 4.78 is 23.1. The first-order chi connectivity index (χ1) is 8.65. The molecule has 0 fully saturated rings. The standard InChI is InChI=1S/C14H22FNO2/c1-11(16-9-14(18-3)10-17-2)8-12-4-6-13(15)7-5-12/h4-7,11,14,16H,8-10H2,1-3H3. The van der Waals surface area contributed by atoms with Crippen molar-refractivity contribution in [3.8, 4) is 0 Å². The predicted octanol–water partition coefficient (Wildman–Crippen LogP) is 2.01. The van der Waals surface area contributed by atoms with E-state index in [0.29, 0.717) is 12.6 Å². The Bertz CT molecular complexity index is 329. The smallest absolute Gasteiger partial charge is 0.123 e. The average Bonchev–Trinajstić information content (AvgIpc) is 2.37. The third-order valence-corrected chi connectivity index (χ3v) is 2.84. The Balaban J connectivity index is 2.32. The minimum Gasteiger partial charge on any atom is -0.382 e. The van der Waals surface area contributed by atoms with Crippen molar-refractivity contribution >= 4 is 0 Å². The lowest BCUT2D eigenvalue weighted by molar-refractivity contribution is 0.0276. The third kappa shape index (κ3) is 5.58. The van der Waals surface area contributed by atoms with Gasteiger partial charge in [0.2, 0.25) is 0 Å². The van der Waals surface area contributed by atoms with E-state index in [0.717, 1.165) is 18.5 Å². The summed E-state index contributed by atoms with van der Waals surface area (Å²) in [6, 6.07) is 6.92. The van der Waals surface area contributed by atoms with Gasteiger partial charge < -0.3 is 14.8 Å². The van der Waals surface area contributed by atoms with Crippen LogP contribution >= 0.6 is 0 Å². The van der Waals surface area contributed by atoms with Crippen LogP contribution in [0.25, 0.3) is 0 Å².